The molecule has 0 radical (unpaired) electrons. The molecule has 4 nitrogen and oxygen atoms in total. The first-order chi connectivity index (χ1) is 8.60. The van der Waals surface area contributed by atoms with Gasteiger partial charge in [0.15, 0.2) is 0 Å². The van der Waals surface area contributed by atoms with Gasteiger partial charge in [-0.15, -0.1) is 0 Å². The molecule has 0 saturated heterocycles. The topological polar surface area (TPSA) is 47.3 Å². The standard InChI is InChI=1S/C14H18N2O2/c1-10-6-7-16(15-10)9-13-8-12(11(2)17)4-5-14(13)18-3/h4-8,11,17H,9H2,1-3H3. The van der Waals surface area contributed by atoms with Gasteiger partial charge in [0.1, 0.15) is 5.75 Å². The van der Waals surface area contributed by atoms with Gasteiger partial charge < -0.3 is 9.84 Å². The molecule has 1 aromatic carbocycles. The van der Waals surface area contributed by atoms with Gasteiger partial charge >= 0.3 is 0 Å². The maximum Gasteiger partial charge on any atom is 0.123 e. The Morgan fingerprint density at radius 3 is 2.72 bits per heavy atom. The molecule has 4 heteroatoms. The quantitative estimate of drug-likeness (QED) is 0.900. The van der Waals surface area contributed by atoms with Crippen molar-refractivity contribution in [2.24, 2.45) is 0 Å². The number of ether oxygens (including phenoxy) is 1. The van der Waals surface area contributed by atoms with E-state index in [1.807, 2.05) is 42.1 Å². The van der Waals surface area contributed by atoms with Gasteiger partial charge in [-0.05, 0) is 37.6 Å². The van der Waals surface area contributed by atoms with Crippen LogP contribution in [0.25, 0.3) is 0 Å². The summed E-state index contributed by atoms with van der Waals surface area (Å²) in [7, 11) is 1.65. The number of rotatable bonds is 4. The summed E-state index contributed by atoms with van der Waals surface area (Å²) in [6.07, 6.45) is 1.46. The molecule has 18 heavy (non-hydrogen) atoms. The van der Waals surface area contributed by atoms with E-state index in [1.54, 1.807) is 14.0 Å². The zero-order valence-electron chi connectivity index (χ0n) is 10.9. The van der Waals surface area contributed by atoms with E-state index in [-0.39, 0.29) is 0 Å². The van der Waals surface area contributed by atoms with Crippen molar-refractivity contribution in [3.63, 3.8) is 0 Å². The molecule has 0 aliphatic heterocycles. The zero-order valence-corrected chi connectivity index (χ0v) is 10.9. The minimum absolute atomic E-state index is 0.478. The second kappa shape index (κ2) is 5.23. The van der Waals surface area contributed by atoms with Crippen LogP contribution < -0.4 is 4.74 Å². The van der Waals surface area contributed by atoms with Crippen LogP contribution in [-0.4, -0.2) is 22.0 Å². The van der Waals surface area contributed by atoms with Crippen LogP contribution in [0, 0.1) is 6.92 Å². The van der Waals surface area contributed by atoms with Gasteiger partial charge in [-0.1, -0.05) is 6.07 Å². The zero-order chi connectivity index (χ0) is 13.1. The van der Waals surface area contributed by atoms with E-state index in [0.717, 1.165) is 22.6 Å². The van der Waals surface area contributed by atoms with Gasteiger partial charge in [0, 0.05) is 11.8 Å². The summed E-state index contributed by atoms with van der Waals surface area (Å²) in [5.74, 6) is 0.813. The second-order valence-electron chi connectivity index (χ2n) is 4.40. The molecule has 0 bridgehead atoms. The third-order valence-corrected chi connectivity index (χ3v) is 2.89. The van der Waals surface area contributed by atoms with Crippen LogP contribution in [0.4, 0.5) is 0 Å². The first-order valence-corrected chi connectivity index (χ1v) is 5.95. The number of hydrogen-bond donors (Lipinski definition) is 1. The van der Waals surface area contributed by atoms with Crippen LogP contribution >= 0.6 is 0 Å². The Bertz CT molecular complexity index is 532. The minimum Gasteiger partial charge on any atom is -0.496 e. The van der Waals surface area contributed by atoms with Gasteiger partial charge in [0.05, 0.1) is 25.5 Å². The first-order valence-electron chi connectivity index (χ1n) is 5.95. The van der Waals surface area contributed by atoms with Crippen molar-refractivity contribution in [3.05, 3.63) is 47.3 Å². The number of aryl methyl sites for hydroxylation is 1. The highest BCUT2D eigenvalue weighted by atomic mass is 16.5. The van der Waals surface area contributed by atoms with Crippen molar-refractivity contribution >= 4 is 0 Å². The van der Waals surface area contributed by atoms with Gasteiger partial charge in [-0.25, -0.2) is 0 Å². The summed E-state index contributed by atoms with van der Waals surface area (Å²) >= 11 is 0. The minimum atomic E-state index is -0.478. The molecule has 0 aliphatic rings. The van der Waals surface area contributed by atoms with Crippen LogP contribution in [-0.2, 0) is 6.54 Å². The summed E-state index contributed by atoms with van der Waals surface area (Å²) in [6.45, 7) is 4.35. The largest absolute Gasteiger partial charge is 0.496 e. The smallest absolute Gasteiger partial charge is 0.123 e. The predicted molar refractivity (Wildman–Crippen MR) is 69.7 cm³/mol. The van der Waals surface area contributed by atoms with Crippen molar-refractivity contribution in [2.75, 3.05) is 7.11 Å². The lowest BCUT2D eigenvalue weighted by molar-refractivity contribution is 0.199. The molecule has 0 amide bonds. The van der Waals surface area contributed by atoms with E-state index < -0.39 is 6.10 Å². The Morgan fingerprint density at radius 2 is 2.17 bits per heavy atom. The van der Waals surface area contributed by atoms with Crippen molar-refractivity contribution in [1.82, 2.24) is 9.78 Å². The van der Waals surface area contributed by atoms with Gasteiger partial charge in [0.2, 0.25) is 0 Å². The van der Waals surface area contributed by atoms with E-state index in [2.05, 4.69) is 5.10 Å². The molecule has 1 aromatic heterocycles. The van der Waals surface area contributed by atoms with Crippen molar-refractivity contribution in [1.29, 1.82) is 0 Å². The normalized spacial score (nSPS) is 12.4. The van der Waals surface area contributed by atoms with Gasteiger partial charge in [-0.2, -0.15) is 5.10 Å². The molecule has 0 fully saturated rings. The highest BCUT2D eigenvalue weighted by Gasteiger charge is 2.08. The third kappa shape index (κ3) is 2.71. The van der Waals surface area contributed by atoms with E-state index >= 15 is 0 Å². The second-order valence-corrected chi connectivity index (χ2v) is 4.40. The highest BCUT2D eigenvalue weighted by molar-refractivity contribution is 5.38. The summed E-state index contributed by atoms with van der Waals surface area (Å²) in [5, 5.41) is 14.0. The number of hydrogen-bond acceptors (Lipinski definition) is 3. The lowest BCUT2D eigenvalue weighted by Gasteiger charge is -2.12. The van der Waals surface area contributed by atoms with Crippen LogP contribution in [0.5, 0.6) is 5.75 Å². The fraction of sp³-hybridized carbons (Fsp3) is 0.357. The summed E-state index contributed by atoms with van der Waals surface area (Å²) in [5.41, 5.74) is 2.88. The molecule has 2 aromatic rings. The molecule has 2 rings (SSSR count). The summed E-state index contributed by atoms with van der Waals surface area (Å²) in [4.78, 5) is 0. The molecule has 1 heterocycles. The lowest BCUT2D eigenvalue weighted by atomic mass is 10.1. The number of aliphatic hydroxyl groups is 1. The average molecular weight is 246 g/mol. The van der Waals surface area contributed by atoms with Crippen LogP contribution in [0.3, 0.4) is 0 Å². The molecule has 1 atom stereocenters. The van der Waals surface area contributed by atoms with E-state index in [4.69, 9.17) is 4.74 Å². The number of aliphatic hydroxyl groups excluding tert-OH is 1. The summed E-state index contributed by atoms with van der Waals surface area (Å²) < 4.78 is 7.20. The van der Waals surface area contributed by atoms with E-state index in [1.165, 1.54) is 0 Å². The van der Waals surface area contributed by atoms with Crippen LogP contribution in [0.1, 0.15) is 29.8 Å². The van der Waals surface area contributed by atoms with Crippen molar-refractivity contribution < 1.29 is 9.84 Å². The van der Waals surface area contributed by atoms with Crippen molar-refractivity contribution in [2.45, 2.75) is 26.5 Å². The molecule has 1 unspecified atom stereocenters. The number of nitrogens with zero attached hydrogens (tertiary/aromatic N) is 2. The predicted octanol–water partition coefficient (Wildman–Crippen LogP) is 2.30. The molecular weight excluding hydrogens is 228 g/mol. The lowest BCUT2D eigenvalue weighted by Crippen LogP contribution is -2.04. The fourth-order valence-electron chi connectivity index (χ4n) is 1.91. The van der Waals surface area contributed by atoms with Gasteiger partial charge in [-0.3, -0.25) is 4.68 Å². The monoisotopic (exact) mass is 246 g/mol. The maximum atomic E-state index is 9.62. The van der Waals surface area contributed by atoms with E-state index in [9.17, 15) is 5.11 Å². The molecule has 96 valence electrons. The maximum absolute atomic E-state index is 9.62. The number of methoxy groups -OCH3 is 1. The molecule has 0 saturated carbocycles. The molecule has 1 N–H and O–H groups in total. The van der Waals surface area contributed by atoms with Gasteiger partial charge in [0.25, 0.3) is 0 Å². The van der Waals surface area contributed by atoms with Crippen LogP contribution in [0.15, 0.2) is 30.5 Å². The highest BCUT2D eigenvalue weighted by Crippen LogP contribution is 2.24. The first kappa shape index (κ1) is 12.6. The Hall–Kier alpha value is -1.81. The molecule has 0 spiro atoms. The number of aromatic nitrogens is 2. The van der Waals surface area contributed by atoms with Crippen LogP contribution in [0.2, 0.25) is 0 Å². The molecular formula is C14H18N2O2. The SMILES string of the molecule is COc1ccc(C(C)O)cc1Cn1ccc(C)n1. The third-order valence-electron chi connectivity index (χ3n) is 2.89. The Balaban J connectivity index is 2.32. The average Bonchev–Trinajstić information content (AvgIpc) is 2.74. The molecule has 0 aliphatic carbocycles. The fourth-order valence-corrected chi connectivity index (χ4v) is 1.91. The Labute approximate surface area is 107 Å². The Kier molecular flexibility index (Phi) is 3.67. The Morgan fingerprint density at radius 1 is 1.39 bits per heavy atom. The van der Waals surface area contributed by atoms with Crippen molar-refractivity contribution in [3.8, 4) is 5.75 Å². The number of benzene rings is 1. The summed E-state index contributed by atoms with van der Waals surface area (Å²) in [6, 6.07) is 7.68. The van der Waals surface area contributed by atoms with E-state index in [0.29, 0.717) is 6.54 Å².